The van der Waals surface area contributed by atoms with Crippen molar-refractivity contribution in [3.8, 4) is 0 Å². The minimum absolute atomic E-state index is 0.286. The van der Waals surface area contributed by atoms with Crippen molar-refractivity contribution in [1.29, 1.82) is 0 Å². The molecule has 0 spiro atoms. The van der Waals surface area contributed by atoms with Gasteiger partial charge in [-0.05, 0) is 32.2 Å². The molecule has 0 N–H and O–H groups in total. The largest absolute Gasteiger partial charge is 0.295 e. The summed E-state index contributed by atoms with van der Waals surface area (Å²) in [5.74, 6) is 0. The molecule has 2 saturated heterocycles. The number of hydrogen-bond donors (Lipinski definition) is 0. The van der Waals surface area contributed by atoms with Gasteiger partial charge in [0, 0.05) is 12.1 Å². The number of rotatable bonds is 2. The standard InChI is InChI=1S/C10H18FN/c1-2-4-10-5-3-6-12(10)8-9(11)7-10/h9H,2-8H2,1H3/t9-,10?/m0/s1. The molecule has 70 valence electrons. The van der Waals surface area contributed by atoms with Gasteiger partial charge in [-0.1, -0.05) is 13.3 Å². The first-order valence-electron chi connectivity index (χ1n) is 5.16. The first kappa shape index (κ1) is 8.49. The maximum absolute atomic E-state index is 13.2. The van der Waals surface area contributed by atoms with Crippen LogP contribution in [0.4, 0.5) is 4.39 Å². The van der Waals surface area contributed by atoms with E-state index in [0.29, 0.717) is 6.54 Å². The predicted molar refractivity (Wildman–Crippen MR) is 48.0 cm³/mol. The summed E-state index contributed by atoms with van der Waals surface area (Å²) in [4.78, 5) is 2.39. The van der Waals surface area contributed by atoms with E-state index in [1.807, 2.05) is 0 Å². The number of halogens is 1. The summed E-state index contributed by atoms with van der Waals surface area (Å²) in [5.41, 5.74) is 0.286. The van der Waals surface area contributed by atoms with Crippen molar-refractivity contribution < 1.29 is 4.39 Å². The molecule has 0 saturated carbocycles. The SMILES string of the molecule is CCCC12CCCN1C[C@@H](F)C2. The Balaban J connectivity index is 2.09. The maximum Gasteiger partial charge on any atom is 0.115 e. The lowest BCUT2D eigenvalue weighted by atomic mass is 9.89. The van der Waals surface area contributed by atoms with Gasteiger partial charge in [0.2, 0.25) is 0 Å². The summed E-state index contributed by atoms with van der Waals surface area (Å²) in [6, 6.07) is 0. The topological polar surface area (TPSA) is 3.24 Å². The molecule has 0 aromatic heterocycles. The molecule has 1 nitrogen and oxygen atoms in total. The molecule has 2 aliphatic rings. The number of alkyl halides is 1. The van der Waals surface area contributed by atoms with Crippen LogP contribution in [0.1, 0.15) is 39.0 Å². The predicted octanol–water partition coefficient (Wildman–Crippen LogP) is 2.36. The summed E-state index contributed by atoms with van der Waals surface area (Å²) >= 11 is 0. The van der Waals surface area contributed by atoms with Gasteiger partial charge < -0.3 is 0 Å². The summed E-state index contributed by atoms with van der Waals surface area (Å²) < 4.78 is 13.2. The van der Waals surface area contributed by atoms with Gasteiger partial charge in [-0.2, -0.15) is 0 Å². The lowest BCUT2D eigenvalue weighted by Gasteiger charge is -2.31. The molecule has 2 heterocycles. The molecule has 0 aromatic rings. The van der Waals surface area contributed by atoms with Crippen molar-refractivity contribution in [3.63, 3.8) is 0 Å². The quantitative estimate of drug-likeness (QED) is 0.616. The Hall–Kier alpha value is -0.110. The van der Waals surface area contributed by atoms with Crippen molar-refractivity contribution >= 4 is 0 Å². The van der Waals surface area contributed by atoms with Crippen molar-refractivity contribution in [1.82, 2.24) is 4.90 Å². The van der Waals surface area contributed by atoms with Crippen LogP contribution in [0.25, 0.3) is 0 Å². The minimum Gasteiger partial charge on any atom is -0.295 e. The second-order valence-electron chi connectivity index (χ2n) is 4.33. The normalized spacial score (nSPS) is 42.0. The van der Waals surface area contributed by atoms with E-state index in [4.69, 9.17) is 0 Å². The number of nitrogens with zero attached hydrogens (tertiary/aromatic N) is 1. The van der Waals surface area contributed by atoms with Crippen LogP contribution in [-0.2, 0) is 0 Å². The Bertz CT molecular complexity index is 171. The molecule has 0 aromatic carbocycles. The van der Waals surface area contributed by atoms with E-state index in [-0.39, 0.29) is 5.54 Å². The van der Waals surface area contributed by atoms with Crippen molar-refractivity contribution in [2.45, 2.75) is 50.7 Å². The van der Waals surface area contributed by atoms with Gasteiger partial charge in [-0.25, -0.2) is 4.39 Å². The Morgan fingerprint density at radius 2 is 2.42 bits per heavy atom. The highest BCUT2D eigenvalue weighted by Gasteiger charge is 2.47. The highest BCUT2D eigenvalue weighted by molar-refractivity contribution is 5.02. The van der Waals surface area contributed by atoms with E-state index < -0.39 is 6.17 Å². The molecular formula is C10H18FN. The lowest BCUT2D eigenvalue weighted by Crippen LogP contribution is -2.37. The highest BCUT2D eigenvalue weighted by Crippen LogP contribution is 2.42. The van der Waals surface area contributed by atoms with E-state index >= 15 is 0 Å². The van der Waals surface area contributed by atoms with Crippen LogP contribution in [0, 0.1) is 0 Å². The molecule has 0 radical (unpaired) electrons. The molecule has 0 amide bonds. The Morgan fingerprint density at radius 3 is 3.17 bits per heavy atom. The number of hydrogen-bond acceptors (Lipinski definition) is 1. The first-order valence-corrected chi connectivity index (χ1v) is 5.16. The molecule has 0 bridgehead atoms. The molecule has 2 fully saturated rings. The smallest absolute Gasteiger partial charge is 0.115 e. The van der Waals surface area contributed by atoms with Crippen LogP contribution in [0.3, 0.4) is 0 Å². The van der Waals surface area contributed by atoms with E-state index in [1.165, 1.54) is 25.7 Å². The summed E-state index contributed by atoms with van der Waals surface area (Å²) in [5, 5.41) is 0. The van der Waals surface area contributed by atoms with Gasteiger partial charge in [-0.3, -0.25) is 4.90 Å². The molecule has 2 aliphatic heterocycles. The highest BCUT2D eigenvalue weighted by atomic mass is 19.1. The van der Waals surface area contributed by atoms with Gasteiger partial charge in [0.15, 0.2) is 0 Å². The third kappa shape index (κ3) is 1.17. The second-order valence-corrected chi connectivity index (χ2v) is 4.33. The second kappa shape index (κ2) is 2.99. The fourth-order valence-corrected chi connectivity index (χ4v) is 3.08. The van der Waals surface area contributed by atoms with E-state index in [2.05, 4.69) is 11.8 Å². The molecule has 2 rings (SSSR count). The summed E-state index contributed by atoms with van der Waals surface area (Å²) in [7, 11) is 0. The minimum atomic E-state index is -0.545. The molecule has 0 aliphatic carbocycles. The van der Waals surface area contributed by atoms with Crippen LogP contribution >= 0.6 is 0 Å². The van der Waals surface area contributed by atoms with Crippen LogP contribution in [0.15, 0.2) is 0 Å². The zero-order valence-corrected chi connectivity index (χ0v) is 7.85. The zero-order valence-electron chi connectivity index (χ0n) is 7.85. The molecule has 2 heteroatoms. The number of fused-ring (bicyclic) bond motifs is 1. The maximum atomic E-state index is 13.2. The van der Waals surface area contributed by atoms with Gasteiger partial charge in [0.25, 0.3) is 0 Å². The van der Waals surface area contributed by atoms with Crippen LogP contribution in [0.5, 0.6) is 0 Å². The third-order valence-electron chi connectivity index (χ3n) is 3.48. The Morgan fingerprint density at radius 1 is 1.58 bits per heavy atom. The van der Waals surface area contributed by atoms with Crippen LogP contribution in [0.2, 0.25) is 0 Å². The van der Waals surface area contributed by atoms with Crippen molar-refractivity contribution in [2.24, 2.45) is 0 Å². The van der Waals surface area contributed by atoms with E-state index in [0.717, 1.165) is 13.0 Å². The Labute approximate surface area is 73.9 Å². The van der Waals surface area contributed by atoms with Gasteiger partial charge >= 0.3 is 0 Å². The monoisotopic (exact) mass is 171 g/mol. The average molecular weight is 171 g/mol. The van der Waals surface area contributed by atoms with E-state index in [9.17, 15) is 4.39 Å². The summed E-state index contributed by atoms with van der Waals surface area (Å²) in [6.07, 6.45) is 5.18. The summed E-state index contributed by atoms with van der Waals surface area (Å²) in [6.45, 7) is 4.05. The van der Waals surface area contributed by atoms with Gasteiger partial charge in [0.05, 0.1) is 0 Å². The molecule has 12 heavy (non-hydrogen) atoms. The lowest BCUT2D eigenvalue weighted by molar-refractivity contribution is 0.181. The first-order chi connectivity index (χ1) is 5.77. The van der Waals surface area contributed by atoms with Crippen molar-refractivity contribution in [3.05, 3.63) is 0 Å². The van der Waals surface area contributed by atoms with E-state index in [1.54, 1.807) is 0 Å². The average Bonchev–Trinajstić information content (AvgIpc) is 2.44. The third-order valence-corrected chi connectivity index (χ3v) is 3.48. The molecule has 1 unspecified atom stereocenters. The zero-order chi connectivity index (χ0) is 8.60. The van der Waals surface area contributed by atoms with Gasteiger partial charge in [0.1, 0.15) is 6.17 Å². The fourth-order valence-electron chi connectivity index (χ4n) is 3.08. The fraction of sp³-hybridized carbons (Fsp3) is 1.00. The molecule has 2 atom stereocenters. The van der Waals surface area contributed by atoms with Crippen LogP contribution in [-0.4, -0.2) is 29.7 Å². The van der Waals surface area contributed by atoms with Gasteiger partial charge in [-0.15, -0.1) is 0 Å². The van der Waals surface area contributed by atoms with Crippen molar-refractivity contribution in [2.75, 3.05) is 13.1 Å². The molecular weight excluding hydrogens is 153 g/mol. The Kier molecular flexibility index (Phi) is 2.11. The van der Waals surface area contributed by atoms with Crippen LogP contribution < -0.4 is 0 Å².